The third kappa shape index (κ3) is 14.6. The molecule has 0 spiro atoms. The van der Waals surface area contributed by atoms with Gasteiger partial charge in [0.1, 0.15) is 5.60 Å². The molecule has 2 atom stereocenters. The van der Waals surface area contributed by atoms with E-state index in [1.165, 1.54) is 0 Å². The van der Waals surface area contributed by atoms with E-state index in [-0.39, 0.29) is 36.1 Å². The van der Waals surface area contributed by atoms with Crippen molar-refractivity contribution < 1.29 is 9.53 Å². The lowest BCUT2D eigenvalue weighted by Gasteiger charge is -2.23. The van der Waals surface area contributed by atoms with Crippen molar-refractivity contribution >= 4 is 36.0 Å². The summed E-state index contributed by atoms with van der Waals surface area (Å²) in [5.74, 6) is 0.432. The standard InChI is InChI=1S/C16H34N4O2.HI/c1-7-9-10-13(20-14(17)19-12(3)8-2)11-18-15(21)22-16(4,5)6;/h12-13H,7-11H2,1-6H3,(H,18,21)(H3,17,19,20);1H. The summed E-state index contributed by atoms with van der Waals surface area (Å²) in [4.78, 5) is 16.1. The Balaban J connectivity index is 0. The van der Waals surface area contributed by atoms with Crippen molar-refractivity contribution in [3.05, 3.63) is 0 Å². The van der Waals surface area contributed by atoms with Crippen LogP contribution in [0.15, 0.2) is 4.99 Å². The summed E-state index contributed by atoms with van der Waals surface area (Å²) in [5, 5.41) is 5.98. The van der Waals surface area contributed by atoms with Crippen molar-refractivity contribution in [3.63, 3.8) is 0 Å². The molecule has 0 aliphatic heterocycles. The monoisotopic (exact) mass is 442 g/mol. The molecular weight excluding hydrogens is 407 g/mol. The van der Waals surface area contributed by atoms with Gasteiger partial charge < -0.3 is 21.1 Å². The van der Waals surface area contributed by atoms with Crippen molar-refractivity contribution in [3.8, 4) is 0 Å². The van der Waals surface area contributed by atoms with Crippen molar-refractivity contribution in [2.45, 2.75) is 84.9 Å². The molecule has 2 unspecified atom stereocenters. The molecule has 0 aromatic rings. The molecule has 0 saturated carbocycles. The van der Waals surface area contributed by atoms with Crippen molar-refractivity contribution in [1.29, 1.82) is 0 Å². The highest BCUT2D eigenvalue weighted by atomic mass is 127. The lowest BCUT2D eigenvalue weighted by Crippen LogP contribution is -2.47. The smallest absolute Gasteiger partial charge is 0.407 e. The molecule has 6 nitrogen and oxygen atoms in total. The molecule has 7 heteroatoms. The summed E-state index contributed by atoms with van der Waals surface area (Å²) in [5.41, 5.74) is 5.43. The molecule has 0 saturated heterocycles. The highest BCUT2D eigenvalue weighted by molar-refractivity contribution is 14.0. The normalized spacial score (nSPS) is 14.4. The van der Waals surface area contributed by atoms with Crippen molar-refractivity contribution in [2.75, 3.05) is 6.54 Å². The second kappa shape index (κ2) is 12.7. The number of hydrogen-bond acceptors (Lipinski definition) is 3. The van der Waals surface area contributed by atoms with E-state index >= 15 is 0 Å². The second-order valence-corrected chi connectivity index (χ2v) is 6.64. The van der Waals surface area contributed by atoms with Crippen LogP contribution in [0.25, 0.3) is 0 Å². The van der Waals surface area contributed by atoms with E-state index in [1.807, 2.05) is 27.7 Å². The third-order valence-corrected chi connectivity index (χ3v) is 3.10. The van der Waals surface area contributed by atoms with Gasteiger partial charge in [0.2, 0.25) is 0 Å². The Kier molecular flexibility index (Phi) is 13.5. The maximum Gasteiger partial charge on any atom is 0.407 e. The maximum absolute atomic E-state index is 11.7. The molecule has 0 rings (SSSR count). The predicted molar refractivity (Wildman–Crippen MR) is 107 cm³/mol. The van der Waals surface area contributed by atoms with Crippen molar-refractivity contribution in [1.82, 2.24) is 10.6 Å². The lowest BCUT2D eigenvalue weighted by atomic mass is 10.1. The van der Waals surface area contributed by atoms with Crippen LogP contribution >= 0.6 is 24.0 Å². The minimum Gasteiger partial charge on any atom is -0.444 e. The van der Waals surface area contributed by atoms with Gasteiger partial charge in [-0.25, -0.2) is 4.79 Å². The zero-order chi connectivity index (χ0) is 17.2. The number of nitrogens with two attached hydrogens (primary N) is 1. The molecule has 0 aromatic carbocycles. The molecule has 0 radical (unpaired) electrons. The fourth-order valence-corrected chi connectivity index (χ4v) is 1.77. The number of hydrogen-bond donors (Lipinski definition) is 3. The average Bonchev–Trinajstić information content (AvgIpc) is 2.39. The van der Waals surface area contributed by atoms with Crippen LogP contribution in [0.3, 0.4) is 0 Å². The van der Waals surface area contributed by atoms with E-state index in [2.05, 4.69) is 29.5 Å². The Morgan fingerprint density at radius 3 is 2.39 bits per heavy atom. The Hall–Kier alpha value is -0.730. The van der Waals surface area contributed by atoms with E-state index in [0.717, 1.165) is 25.7 Å². The third-order valence-electron chi connectivity index (χ3n) is 3.10. The van der Waals surface area contributed by atoms with Gasteiger partial charge in [-0.15, -0.1) is 24.0 Å². The zero-order valence-electron chi connectivity index (χ0n) is 15.4. The molecular formula is C16H35IN4O2. The highest BCUT2D eigenvalue weighted by Crippen LogP contribution is 2.07. The summed E-state index contributed by atoms with van der Waals surface area (Å²) in [7, 11) is 0. The minimum absolute atomic E-state index is 0. The van der Waals surface area contributed by atoms with Gasteiger partial charge in [0.05, 0.1) is 6.04 Å². The summed E-state index contributed by atoms with van der Waals surface area (Å²) in [6.45, 7) is 12.2. The van der Waals surface area contributed by atoms with Gasteiger partial charge in [-0.1, -0.05) is 26.7 Å². The first-order chi connectivity index (χ1) is 10.2. The fraction of sp³-hybridized carbons (Fsp3) is 0.875. The number of nitrogens with one attached hydrogen (secondary N) is 2. The highest BCUT2D eigenvalue weighted by Gasteiger charge is 2.17. The average molecular weight is 442 g/mol. The summed E-state index contributed by atoms with van der Waals surface area (Å²) in [6, 6.07) is 0.249. The Morgan fingerprint density at radius 1 is 1.30 bits per heavy atom. The number of rotatable bonds is 8. The van der Waals surface area contributed by atoms with Crippen LogP contribution in [-0.4, -0.2) is 36.3 Å². The molecule has 23 heavy (non-hydrogen) atoms. The number of ether oxygens (including phenoxy) is 1. The Labute approximate surface area is 158 Å². The van der Waals surface area contributed by atoms with E-state index < -0.39 is 11.7 Å². The molecule has 0 fully saturated rings. The number of carbonyl (C=O) groups excluding carboxylic acids is 1. The van der Waals surface area contributed by atoms with E-state index in [0.29, 0.717) is 12.5 Å². The second-order valence-electron chi connectivity index (χ2n) is 6.64. The number of halogens is 1. The minimum atomic E-state index is -0.493. The summed E-state index contributed by atoms with van der Waals surface area (Å²) in [6.07, 6.45) is 3.60. The molecule has 0 bridgehead atoms. The van der Waals surface area contributed by atoms with Crippen LogP contribution in [0.2, 0.25) is 0 Å². The molecule has 0 aliphatic carbocycles. The van der Waals surface area contributed by atoms with E-state index in [1.54, 1.807) is 0 Å². The molecule has 138 valence electrons. The number of nitrogens with zero attached hydrogens (tertiary/aromatic N) is 1. The number of amides is 1. The SMILES string of the molecule is CCCCC(CNC(=O)OC(C)(C)C)NC(N)=NC(C)CC.I. The molecule has 0 aromatic heterocycles. The first kappa shape index (κ1) is 24.5. The molecule has 0 heterocycles. The maximum atomic E-state index is 11.7. The summed E-state index contributed by atoms with van der Waals surface area (Å²) >= 11 is 0. The van der Waals surface area contributed by atoms with E-state index in [9.17, 15) is 4.79 Å². The predicted octanol–water partition coefficient (Wildman–Crippen LogP) is 3.39. The van der Waals surface area contributed by atoms with Crippen LogP contribution in [-0.2, 0) is 4.74 Å². The van der Waals surface area contributed by atoms with Gasteiger partial charge in [-0.2, -0.15) is 0 Å². The van der Waals surface area contributed by atoms with Gasteiger partial charge in [0.15, 0.2) is 5.96 Å². The van der Waals surface area contributed by atoms with Crippen LogP contribution in [0.4, 0.5) is 4.79 Å². The molecule has 4 N–H and O–H groups in total. The number of carbonyl (C=O) groups is 1. The van der Waals surface area contributed by atoms with Gasteiger partial charge in [-0.3, -0.25) is 4.99 Å². The Bertz CT molecular complexity index is 356. The van der Waals surface area contributed by atoms with Gasteiger partial charge in [0.25, 0.3) is 0 Å². The zero-order valence-corrected chi connectivity index (χ0v) is 17.8. The van der Waals surface area contributed by atoms with E-state index in [4.69, 9.17) is 10.5 Å². The van der Waals surface area contributed by atoms with Gasteiger partial charge in [0, 0.05) is 12.6 Å². The number of alkyl carbamates (subject to hydrolysis) is 1. The topological polar surface area (TPSA) is 88.7 Å². The lowest BCUT2D eigenvalue weighted by molar-refractivity contribution is 0.0523. The fourth-order valence-electron chi connectivity index (χ4n) is 1.77. The number of unbranched alkanes of at least 4 members (excludes halogenated alkanes) is 1. The van der Waals surface area contributed by atoms with Crippen LogP contribution < -0.4 is 16.4 Å². The largest absolute Gasteiger partial charge is 0.444 e. The summed E-state index contributed by atoms with van der Waals surface area (Å²) < 4.78 is 5.24. The number of guanidine groups is 1. The quantitative estimate of drug-likeness (QED) is 0.306. The first-order valence-electron chi connectivity index (χ1n) is 8.24. The molecule has 1 amide bonds. The van der Waals surface area contributed by atoms with Gasteiger partial charge in [-0.05, 0) is 40.5 Å². The van der Waals surface area contributed by atoms with Crippen LogP contribution in [0.5, 0.6) is 0 Å². The van der Waals surface area contributed by atoms with Crippen molar-refractivity contribution in [2.24, 2.45) is 10.7 Å². The van der Waals surface area contributed by atoms with Crippen LogP contribution in [0.1, 0.15) is 67.2 Å². The first-order valence-corrected chi connectivity index (χ1v) is 8.24. The van der Waals surface area contributed by atoms with Crippen LogP contribution in [0, 0.1) is 0 Å². The number of aliphatic imine (C=N–C) groups is 1. The molecule has 0 aliphatic rings. The Morgan fingerprint density at radius 2 is 1.91 bits per heavy atom. The van der Waals surface area contributed by atoms with Gasteiger partial charge >= 0.3 is 6.09 Å².